The van der Waals surface area contributed by atoms with Gasteiger partial charge in [-0.1, -0.05) is 11.6 Å². The second-order valence-corrected chi connectivity index (χ2v) is 7.89. The van der Waals surface area contributed by atoms with Gasteiger partial charge >= 0.3 is 6.09 Å². The Morgan fingerprint density at radius 1 is 1.12 bits per heavy atom. The van der Waals surface area contributed by atoms with Crippen LogP contribution in [-0.2, 0) is 4.74 Å². The van der Waals surface area contributed by atoms with Crippen LogP contribution >= 0.6 is 23.4 Å². The number of carbonyl (C=O) groups excluding carboxylic acids is 2. The molecule has 1 saturated heterocycles. The zero-order valence-corrected chi connectivity index (χ0v) is 16.0. The van der Waals surface area contributed by atoms with Crippen LogP contribution in [0.2, 0.25) is 5.02 Å². The zero-order chi connectivity index (χ0) is 17.9. The molecule has 0 unspecified atom stereocenters. The third kappa shape index (κ3) is 4.80. The van der Waals surface area contributed by atoms with E-state index in [4.69, 9.17) is 16.3 Å². The second kappa shape index (κ2) is 7.66. The number of thioether (sulfide) groups is 1. The van der Waals surface area contributed by atoms with Crippen LogP contribution in [0.3, 0.4) is 0 Å². The minimum absolute atomic E-state index is 0.0975. The molecule has 0 radical (unpaired) electrons. The summed E-state index contributed by atoms with van der Waals surface area (Å²) in [6.07, 6.45) is 1.62. The smallest absolute Gasteiger partial charge is 0.410 e. The average Bonchev–Trinajstić information content (AvgIpc) is 2.53. The lowest BCUT2D eigenvalue weighted by molar-refractivity contribution is 0.0141. The predicted octanol–water partition coefficient (Wildman–Crippen LogP) is 3.75. The Bertz CT molecular complexity index is 623. The van der Waals surface area contributed by atoms with Gasteiger partial charge in [-0.2, -0.15) is 0 Å². The van der Waals surface area contributed by atoms with Crippen LogP contribution in [0.15, 0.2) is 23.1 Å². The van der Waals surface area contributed by atoms with E-state index in [1.807, 2.05) is 39.2 Å². The quantitative estimate of drug-likeness (QED) is 0.744. The van der Waals surface area contributed by atoms with Crippen LogP contribution in [0, 0.1) is 0 Å². The first-order chi connectivity index (χ1) is 11.2. The number of carbonyl (C=O) groups is 2. The number of hydrogen-bond acceptors (Lipinski definition) is 4. The number of rotatable bonds is 2. The van der Waals surface area contributed by atoms with Crippen molar-refractivity contribution >= 4 is 35.4 Å². The van der Waals surface area contributed by atoms with Gasteiger partial charge in [-0.05, 0) is 45.2 Å². The molecule has 0 bridgehead atoms. The second-order valence-electron chi connectivity index (χ2n) is 6.61. The van der Waals surface area contributed by atoms with Crippen molar-refractivity contribution < 1.29 is 14.3 Å². The molecule has 1 fully saturated rings. The fraction of sp³-hybridized carbons (Fsp3) is 0.529. The maximum absolute atomic E-state index is 12.7. The lowest BCUT2D eigenvalue weighted by atomic mass is 10.1. The van der Waals surface area contributed by atoms with Gasteiger partial charge in [0, 0.05) is 31.1 Å². The van der Waals surface area contributed by atoms with Gasteiger partial charge in [-0.25, -0.2) is 4.79 Å². The fourth-order valence-electron chi connectivity index (χ4n) is 2.38. The van der Waals surface area contributed by atoms with Crippen LogP contribution in [-0.4, -0.2) is 59.8 Å². The first kappa shape index (κ1) is 18.9. The van der Waals surface area contributed by atoms with Gasteiger partial charge in [0.25, 0.3) is 5.91 Å². The molecule has 1 aromatic rings. The molecule has 7 heteroatoms. The Hall–Kier alpha value is -1.40. The molecular weight excluding hydrogens is 348 g/mol. The molecule has 1 aromatic carbocycles. The topological polar surface area (TPSA) is 49.9 Å². The van der Waals surface area contributed by atoms with Crippen molar-refractivity contribution in [2.45, 2.75) is 31.3 Å². The summed E-state index contributed by atoms with van der Waals surface area (Å²) < 4.78 is 5.37. The van der Waals surface area contributed by atoms with Gasteiger partial charge in [0.05, 0.1) is 10.6 Å². The summed E-state index contributed by atoms with van der Waals surface area (Å²) in [6.45, 7) is 7.37. The highest BCUT2D eigenvalue weighted by molar-refractivity contribution is 7.98. The standard InChI is InChI=1S/C17H23ClN2O3S/c1-17(2,3)23-16(22)20-9-7-19(8-10-20)15(21)13-11-12(24-4)5-6-14(13)18/h5-6,11H,7-10H2,1-4H3. The van der Waals surface area contributed by atoms with Crippen LogP contribution in [0.4, 0.5) is 4.79 Å². The van der Waals surface area contributed by atoms with Gasteiger partial charge in [-0.15, -0.1) is 11.8 Å². The fourth-order valence-corrected chi connectivity index (χ4v) is 3.02. The monoisotopic (exact) mass is 370 g/mol. The molecule has 132 valence electrons. The highest BCUT2D eigenvalue weighted by atomic mass is 35.5. The Morgan fingerprint density at radius 2 is 1.71 bits per heavy atom. The van der Waals surface area contributed by atoms with Crippen LogP contribution < -0.4 is 0 Å². The summed E-state index contributed by atoms with van der Waals surface area (Å²) in [6, 6.07) is 5.46. The van der Waals surface area contributed by atoms with Crippen molar-refractivity contribution in [3.05, 3.63) is 28.8 Å². The number of amides is 2. The van der Waals surface area contributed by atoms with Crippen molar-refractivity contribution in [1.29, 1.82) is 0 Å². The molecule has 2 amide bonds. The van der Waals surface area contributed by atoms with E-state index >= 15 is 0 Å². The van der Waals surface area contributed by atoms with Crippen molar-refractivity contribution in [2.24, 2.45) is 0 Å². The molecule has 0 aliphatic carbocycles. The summed E-state index contributed by atoms with van der Waals surface area (Å²) in [5, 5.41) is 0.451. The zero-order valence-electron chi connectivity index (χ0n) is 14.5. The summed E-state index contributed by atoms with van der Waals surface area (Å²) in [5.41, 5.74) is -0.00948. The van der Waals surface area contributed by atoms with Crippen LogP contribution in [0.25, 0.3) is 0 Å². The minimum atomic E-state index is -0.518. The van der Waals surface area contributed by atoms with Gasteiger partial charge in [0.1, 0.15) is 5.60 Å². The number of nitrogens with zero attached hydrogens (tertiary/aromatic N) is 2. The van der Waals surface area contributed by atoms with Crippen molar-refractivity contribution in [3.8, 4) is 0 Å². The highest BCUT2D eigenvalue weighted by Gasteiger charge is 2.28. The molecule has 2 rings (SSSR count). The van der Waals surface area contributed by atoms with E-state index in [2.05, 4.69) is 0 Å². The van der Waals surface area contributed by atoms with E-state index < -0.39 is 5.60 Å². The summed E-state index contributed by atoms with van der Waals surface area (Å²) >= 11 is 7.74. The number of benzene rings is 1. The summed E-state index contributed by atoms with van der Waals surface area (Å²) in [4.78, 5) is 29.1. The third-order valence-electron chi connectivity index (χ3n) is 3.62. The maximum Gasteiger partial charge on any atom is 0.410 e. The minimum Gasteiger partial charge on any atom is -0.444 e. The van der Waals surface area contributed by atoms with Gasteiger partial charge in [0.15, 0.2) is 0 Å². The number of piperazine rings is 1. The summed E-state index contributed by atoms with van der Waals surface area (Å²) in [7, 11) is 0. The van der Waals surface area contributed by atoms with Crippen LogP contribution in [0.1, 0.15) is 31.1 Å². The Kier molecular flexibility index (Phi) is 6.04. The predicted molar refractivity (Wildman–Crippen MR) is 96.9 cm³/mol. The first-order valence-corrected chi connectivity index (χ1v) is 9.42. The normalized spacial score (nSPS) is 15.4. The largest absolute Gasteiger partial charge is 0.444 e. The Labute approximate surface area is 152 Å². The van der Waals surface area contributed by atoms with Crippen molar-refractivity contribution in [2.75, 3.05) is 32.4 Å². The molecule has 5 nitrogen and oxygen atoms in total. The SMILES string of the molecule is CSc1ccc(Cl)c(C(=O)N2CCN(C(=O)OC(C)(C)C)CC2)c1. The molecule has 0 aromatic heterocycles. The van der Waals surface area contributed by atoms with E-state index in [0.29, 0.717) is 36.8 Å². The number of halogens is 1. The molecule has 0 spiro atoms. The van der Waals surface area contributed by atoms with Gasteiger partial charge in [-0.3, -0.25) is 4.79 Å². The molecule has 24 heavy (non-hydrogen) atoms. The van der Waals surface area contributed by atoms with E-state index in [0.717, 1.165) is 4.90 Å². The molecular formula is C17H23ClN2O3S. The Morgan fingerprint density at radius 3 is 2.25 bits per heavy atom. The lowest BCUT2D eigenvalue weighted by Gasteiger charge is -2.35. The molecule has 1 aliphatic heterocycles. The molecule has 0 saturated carbocycles. The highest BCUT2D eigenvalue weighted by Crippen LogP contribution is 2.24. The number of ether oxygens (including phenoxy) is 1. The summed E-state index contributed by atoms with van der Waals surface area (Å²) in [5.74, 6) is -0.0975. The average molecular weight is 371 g/mol. The maximum atomic E-state index is 12.7. The van der Waals surface area contributed by atoms with Gasteiger partial charge < -0.3 is 14.5 Å². The van der Waals surface area contributed by atoms with E-state index in [9.17, 15) is 9.59 Å². The van der Waals surface area contributed by atoms with Crippen molar-refractivity contribution in [3.63, 3.8) is 0 Å². The lowest BCUT2D eigenvalue weighted by Crippen LogP contribution is -2.51. The number of hydrogen-bond donors (Lipinski definition) is 0. The molecule has 0 atom stereocenters. The van der Waals surface area contributed by atoms with E-state index in [-0.39, 0.29) is 12.0 Å². The van der Waals surface area contributed by atoms with Crippen LogP contribution in [0.5, 0.6) is 0 Å². The third-order valence-corrected chi connectivity index (χ3v) is 4.68. The molecule has 1 heterocycles. The van der Waals surface area contributed by atoms with E-state index in [1.165, 1.54) is 0 Å². The molecule has 1 aliphatic rings. The Balaban J connectivity index is 1.99. The molecule has 0 N–H and O–H groups in total. The van der Waals surface area contributed by atoms with E-state index in [1.54, 1.807) is 27.6 Å². The van der Waals surface area contributed by atoms with Gasteiger partial charge in [0.2, 0.25) is 0 Å². The van der Waals surface area contributed by atoms with Crippen molar-refractivity contribution in [1.82, 2.24) is 9.80 Å². The first-order valence-electron chi connectivity index (χ1n) is 7.82.